The minimum absolute atomic E-state index is 0.0386. The number of carboxylic acids is 1. The maximum absolute atomic E-state index is 12.4. The van der Waals surface area contributed by atoms with E-state index in [2.05, 4.69) is 5.32 Å². The van der Waals surface area contributed by atoms with E-state index in [-0.39, 0.29) is 16.9 Å². The Balaban J connectivity index is 2.07. The second-order valence-corrected chi connectivity index (χ2v) is 5.22. The third-order valence-electron chi connectivity index (χ3n) is 3.94. The van der Waals surface area contributed by atoms with Crippen molar-refractivity contribution in [2.45, 2.75) is 25.7 Å². The molecule has 0 spiro atoms. The molecule has 1 aromatic carbocycles. The van der Waals surface area contributed by atoms with Gasteiger partial charge in [-0.3, -0.25) is 4.79 Å². The molecule has 2 N–H and O–H groups in total. The van der Waals surface area contributed by atoms with Gasteiger partial charge in [-0.15, -0.1) is 0 Å². The van der Waals surface area contributed by atoms with Gasteiger partial charge in [0.25, 0.3) is 0 Å². The largest absolute Gasteiger partial charge is 0.478 e. The average molecular weight is 277 g/mol. The van der Waals surface area contributed by atoms with Crippen LogP contribution in [0.5, 0.6) is 0 Å². The Hall–Kier alpha value is -1.88. The predicted molar refractivity (Wildman–Crippen MR) is 74.8 cm³/mol. The molecule has 0 aromatic heterocycles. The Kier molecular flexibility index (Phi) is 4.39. The summed E-state index contributed by atoms with van der Waals surface area (Å²) in [5.41, 5.74) is 0.343. The number of nitrogens with one attached hydrogen (secondary N) is 1. The quantitative estimate of drug-likeness (QED) is 0.837. The molecule has 108 valence electrons. The first kappa shape index (κ1) is 14.5. The molecule has 1 saturated carbocycles. The predicted octanol–water partition coefficient (Wildman–Crippen LogP) is 2.53. The average Bonchev–Trinajstić information content (AvgIpc) is 2.38. The summed E-state index contributed by atoms with van der Waals surface area (Å²) in [4.78, 5) is 23.3. The lowest BCUT2D eigenvalue weighted by Gasteiger charge is -2.40. The van der Waals surface area contributed by atoms with Crippen molar-refractivity contribution < 1.29 is 19.4 Å². The van der Waals surface area contributed by atoms with Crippen LogP contribution in [0.3, 0.4) is 0 Å². The van der Waals surface area contributed by atoms with E-state index in [1.165, 1.54) is 12.1 Å². The molecule has 1 aliphatic carbocycles. The van der Waals surface area contributed by atoms with Crippen molar-refractivity contribution >= 4 is 17.6 Å². The van der Waals surface area contributed by atoms with Crippen LogP contribution in [0.25, 0.3) is 0 Å². The van der Waals surface area contributed by atoms with Crippen molar-refractivity contribution in [2.75, 3.05) is 19.0 Å². The van der Waals surface area contributed by atoms with Crippen LogP contribution in [0.2, 0.25) is 0 Å². The Bertz CT molecular complexity index is 508. The van der Waals surface area contributed by atoms with Crippen molar-refractivity contribution in [2.24, 2.45) is 5.41 Å². The van der Waals surface area contributed by atoms with Crippen molar-refractivity contribution in [1.82, 2.24) is 0 Å². The lowest BCUT2D eigenvalue weighted by Crippen LogP contribution is -2.42. The van der Waals surface area contributed by atoms with Gasteiger partial charge in [0.1, 0.15) is 0 Å². The topological polar surface area (TPSA) is 75.6 Å². The Morgan fingerprint density at radius 1 is 1.40 bits per heavy atom. The molecule has 0 radical (unpaired) electrons. The first-order valence-corrected chi connectivity index (χ1v) is 6.71. The van der Waals surface area contributed by atoms with E-state index in [0.717, 1.165) is 19.3 Å². The normalized spacial score (nSPS) is 16.2. The number of carboxylic acid groups (broad SMARTS) is 1. The molecule has 1 aliphatic rings. The zero-order valence-corrected chi connectivity index (χ0v) is 11.5. The second-order valence-electron chi connectivity index (χ2n) is 5.22. The molecular weight excluding hydrogens is 258 g/mol. The zero-order chi connectivity index (χ0) is 14.6. The lowest BCUT2D eigenvalue weighted by atomic mass is 9.66. The van der Waals surface area contributed by atoms with Gasteiger partial charge in [0.15, 0.2) is 0 Å². The molecule has 20 heavy (non-hydrogen) atoms. The maximum atomic E-state index is 12.4. The molecule has 0 unspecified atom stereocenters. The van der Waals surface area contributed by atoms with Gasteiger partial charge in [0, 0.05) is 19.4 Å². The van der Waals surface area contributed by atoms with Crippen LogP contribution in [0, 0.1) is 5.41 Å². The Labute approximate surface area is 117 Å². The smallest absolute Gasteiger partial charge is 0.335 e. The molecule has 1 aromatic rings. The van der Waals surface area contributed by atoms with E-state index in [4.69, 9.17) is 9.84 Å². The van der Waals surface area contributed by atoms with Gasteiger partial charge in [-0.2, -0.15) is 0 Å². The van der Waals surface area contributed by atoms with E-state index in [1.807, 2.05) is 0 Å². The summed E-state index contributed by atoms with van der Waals surface area (Å²) in [5.74, 6) is -1.04. The highest BCUT2D eigenvalue weighted by Gasteiger charge is 2.43. The monoisotopic (exact) mass is 277 g/mol. The van der Waals surface area contributed by atoms with E-state index in [9.17, 15) is 9.59 Å². The molecule has 0 aliphatic heterocycles. The SMILES string of the molecule is COCCC1(C(=O)Nc2cccc(C(=O)O)c2)CCC1. The zero-order valence-electron chi connectivity index (χ0n) is 11.5. The molecule has 0 saturated heterocycles. The third kappa shape index (κ3) is 2.99. The van der Waals surface area contributed by atoms with Crippen LogP contribution in [-0.2, 0) is 9.53 Å². The summed E-state index contributed by atoms with van der Waals surface area (Å²) in [6.07, 6.45) is 3.47. The van der Waals surface area contributed by atoms with Gasteiger partial charge in [0.05, 0.1) is 11.0 Å². The molecule has 1 amide bonds. The molecule has 1 fully saturated rings. The number of hydrogen-bond donors (Lipinski definition) is 2. The number of ether oxygens (including phenoxy) is 1. The maximum Gasteiger partial charge on any atom is 0.335 e. The van der Waals surface area contributed by atoms with Gasteiger partial charge in [0.2, 0.25) is 5.91 Å². The van der Waals surface area contributed by atoms with Gasteiger partial charge in [-0.25, -0.2) is 4.79 Å². The van der Waals surface area contributed by atoms with Crippen molar-refractivity contribution in [3.05, 3.63) is 29.8 Å². The van der Waals surface area contributed by atoms with Crippen LogP contribution in [0.1, 0.15) is 36.0 Å². The van der Waals surface area contributed by atoms with Gasteiger partial charge >= 0.3 is 5.97 Å². The standard InChI is InChI=1S/C15H19NO4/c1-20-9-8-15(6-3-7-15)14(19)16-12-5-2-4-11(10-12)13(17)18/h2,4-5,10H,3,6-9H2,1H3,(H,16,19)(H,17,18). The first-order valence-electron chi connectivity index (χ1n) is 6.71. The summed E-state index contributed by atoms with van der Waals surface area (Å²) in [6.45, 7) is 0.558. The highest BCUT2D eigenvalue weighted by molar-refractivity contribution is 5.97. The number of methoxy groups -OCH3 is 1. The van der Waals surface area contributed by atoms with E-state index in [1.54, 1.807) is 19.2 Å². The van der Waals surface area contributed by atoms with Gasteiger partial charge in [-0.1, -0.05) is 12.5 Å². The number of carbonyl (C=O) groups is 2. The molecule has 2 rings (SSSR count). The first-order chi connectivity index (χ1) is 9.57. The van der Waals surface area contributed by atoms with Crippen molar-refractivity contribution in [3.63, 3.8) is 0 Å². The van der Waals surface area contributed by atoms with Gasteiger partial charge < -0.3 is 15.2 Å². The van der Waals surface area contributed by atoms with Crippen LogP contribution in [-0.4, -0.2) is 30.7 Å². The number of rotatable bonds is 6. The van der Waals surface area contributed by atoms with Crippen LogP contribution in [0.15, 0.2) is 24.3 Å². The molecule has 0 heterocycles. The summed E-state index contributed by atoms with van der Waals surface area (Å²) < 4.78 is 5.07. The van der Waals surface area contributed by atoms with Crippen LogP contribution < -0.4 is 5.32 Å². The highest BCUT2D eigenvalue weighted by Crippen LogP contribution is 2.44. The van der Waals surface area contributed by atoms with Crippen molar-refractivity contribution in [3.8, 4) is 0 Å². The minimum Gasteiger partial charge on any atom is -0.478 e. The van der Waals surface area contributed by atoms with Crippen molar-refractivity contribution in [1.29, 1.82) is 0 Å². The van der Waals surface area contributed by atoms with E-state index in [0.29, 0.717) is 18.7 Å². The van der Waals surface area contributed by atoms with Crippen LogP contribution >= 0.6 is 0 Å². The van der Waals surface area contributed by atoms with Crippen LogP contribution in [0.4, 0.5) is 5.69 Å². The number of hydrogen-bond acceptors (Lipinski definition) is 3. The third-order valence-corrected chi connectivity index (χ3v) is 3.94. The van der Waals surface area contributed by atoms with E-state index >= 15 is 0 Å². The summed E-state index contributed by atoms with van der Waals surface area (Å²) in [6, 6.07) is 6.31. The Morgan fingerprint density at radius 2 is 2.15 bits per heavy atom. The molecule has 5 nitrogen and oxygen atoms in total. The fourth-order valence-corrected chi connectivity index (χ4v) is 2.49. The number of carbonyl (C=O) groups excluding carboxylic acids is 1. The number of anilines is 1. The molecule has 0 bridgehead atoms. The lowest BCUT2D eigenvalue weighted by molar-refractivity contribution is -0.131. The summed E-state index contributed by atoms with van der Waals surface area (Å²) >= 11 is 0. The minimum atomic E-state index is -1.00. The highest BCUT2D eigenvalue weighted by atomic mass is 16.5. The summed E-state index contributed by atoms with van der Waals surface area (Å²) in [5, 5.41) is 11.8. The number of amides is 1. The Morgan fingerprint density at radius 3 is 2.70 bits per heavy atom. The van der Waals surface area contributed by atoms with E-state index < -0.39 is 5.97 Å². The molecule has 0 atom stereocenters. The van der Waals surface area contributed by atoms with Gasteiger partial charge in [-0.05, 0) is 37.5 Å². The fraction of sp³-hybridized carbons (Fsp3) is 0.467. The number of benzene rings is 1. The molecular formula is C15H19NO4. The second kappa shape index (κ2) is 6.05. The summed E-state index contributed by atoms with van der Waals surface area (Å²) in [7, 11) is 1.63. The number of aromatic carboxylic acids is 1. The molecule has 5 heteroatoms. The fourth-order valence-electron chi connectivity index (χ4n) is 2.49.